The van der Waals surface area contributed by atoms with Gasteiger partial charge in [0.1, 0.15) is 5.82 Å². The van der Waals surface area contributed by atoms with Crippen molar-refractivity contribution in [2.24, 2.45) is 7.05 Å². The molecule has 0 aliphatic rings. The number of aliphatic hydroxyl groups is 1. The van der Waals surface area contributed by atoms with Gasteiger partial charge in [-0.2, -0.15) is 5.10 Å². The summed E-state index contributed by atoms with van der Waals surface area (Å²) in [4.78, 5) is 6.82. The van der Waals surface area contributed by atoms with Gasteiger partial charge >= 0.3 is 0 Å². The second-order valence-electron chi connectivity index (χ2n) is 4.38. The molecule has 0 fully saturated rings. The molecule has 98 valence electrons. The highest BCUT2D eigenvalue weighted by atomic mass is 16.3. The summed E-state index contributed by atoms with van der Waals surface area (Å²) in [6.45, 7) is 7.89. The fourth-order valence-electron chi connectivity index (χ4n) is 2.29. The third-order valence-corrected chi connectivity index (χ3v) is 3.29. The molecule has 0 aromatic carbocycles. The first kappa shape index (κ1) is 12.8. The highest BCUT2D eigenvalue weighted by Gasteiger charge is 2.15. The van der Waals surface area contributed by atoms with Crippen LogP contribution in [-0.2, 0) is 13.7 Å². The summed E-state index contributed by atoms with van der Waals surface area (Å²) in [6, 6.07) is 2.00. The van der Waals surface area contributed by atoms with E-state index in [0.717, 1.165) is 41.2 Å². The number of hydrogen-bond acceptors (Lipinski definition) is 4. The Balaban J connectivity index is 2.68. The number of pyridine rings is 1. The van der Waals surface area contributed by atoms with E-state index in [0.29, 0.717) is 0 Å². The van der Waals surface area contributed by atoms with Gasteiger partial charge in [-0.05, 0) is 26.8 Å². The summed E-state index contributed by atoms with van der Waals surface area (Å²) in [6.07, 6.45) is 0. The van der Waals surface area contributed by atoms with Crippen LogP contribution in [0.5, 0.6) is 0 Å². The molecule has 0 saturated carbocycles. The third-order valence-electron chi connectivity index (χ3n) is 3.29. The molecular weight excluding hydrogens is 228 g/mol. The quantitative estimate of drug-likeness (QED) is 0.893. The molecule has 2 heterocycles. The summed E-state index contributed by atoms with van der Waals surface area (Å²) < 4.78 is 1.79. The van der Waals surface area contributed by atoms with Gasteiger partial charge in [0.2, 0.25) is 0 Å². The van der Waals surface area contributed by atoms with Gasteiger partial charge in [0.15, 0.2) is 5.65 Å². The lowest BCUT2D eigenvalue weighted by molar-refractivity contribution is 0.282. The Kier molecular flexibility index (Phi) is 3.52. The first-order valence-electron chi connectivity index (χ1n) is 6.31. The molecule has 18 heavy (non-hydrogen) atoms. The van der Waals surface area contributed by atoms with E-state index in [1.54, 1.807) is 4.68 Å². The molecular formula is C13H20N4O. The molecule has 0 amide bonds. The van der Waals surface area contributed by atoms with Gasteiger partial charge in [0.25, 0.3) is 0 Å². The molecule has 0 bridgehead atoms. The number of aromatic nitrogens is 3. The van der Waals surface area contributed by atoms with Gasteiger partial charge < -0.3 is 10.0 Å². The van der Waals surface area contributed by atoms with E-state index in [1.807, 2.05) is 20.0 Å². The Hall–Kier alpha value is -1.62. The predicted molar refractivity (Wildman–Crippen MR) is 72.7 cm³/mol. The monoisotopic (exact) mass is 248 g/mol. The van der Waals surface area contributed by atoms with Crippen molar-refractivity contribution in [3.05, 3.63) is 17.3 Å². The smallest absolute Gasteiger partial charge is 0.160 e. The molecule has 0 unspecified atom stereocenters. The highest BCUT2D eigenvalue weighted by molar-refractivity contribution is 5.81. The van der Waals surface area contributed by atoms with Crippen LogP contribution in [0.4, 0.5) is 5.82 Å². The first-order valence-corrected chi connectivity index (χ1v) is 6.31. The van der Waals surface area contributed by atoms with Gasteiger partial charge in [0, 0.05) is 31.1 Å². The lowest BCUT2D eigenvalue weighted by Crippen LogP contribution is -2.24. The van der Waals surface area contributed by atoms with E-state index in [2.05, 4.69) is 28.8 Å². The number of hydrogen-bond donors (Lipinski definition) is 1. The van der Waals surface area contributed by atoms with Crippen molar-refractivity contribution in [3.8, 4) is 0 Å². The lowest BCUT2D eigenvalue weighted by Gasteiger charge is -2.22. The van der Waals surface area contributed by atoms with Crippen LogP contribution in [0.25, 0.3) is 11.0 Å². The van der Waals surface area contributed by atoms with Gasteiger partial charge in [0.05, 0.1) is 12.3 Å². The fourth-order valence-corrected chi connectivity index (χ4v) is 2.29. The highest BCUT2D eigenvalue weighted by Crippen LogP contribution is 2.25. The summed E-state index contributed by atoms with van der Waals surface area (Å²) in [5.74, 6) is 0.859. The third kappa shape index (κ3) is 1.95. The number of nitrogens with zero attached hydrogens (tertiary/aromatic N) is 4. The van der Waals surface area contributed by atoms with Crippen molar-refractivity contribution in [2.75, 3.05) is 18.0 Å². The number of fused-ring (bicyclic) bond motifs is 1. The van der Waals surface area contributed by atoms with Crippen molar-refractivity contribution < 1.29 is 5.11 Å². The van der Waals surface area contributed by atoms with E-state index < -0.39 is 0 Å². The van der Waals surface area contributed by atoms with Gasteiger partial charge in [-0.25, -0.2) is 4.98 Å². The summed E-state index contributed by atoms with van der Waals surface area (Å²) in [5.41, 5.74) is 2.68. The fraction of sp³-hybridized carbons (Fsp3) is 0.538. The van der Waals surface area contributed by atoms with Crippen LogP contribution >= 0.6 is 0 Å². The van der Waals surface area contributed by atoms with E-state index in [4.69, 9.17) is 0 Å². The van der Waals surface area contributed by atoms with Gasteiger partial charge in [-0.15, -0.1) is 0 Å². The number of aryl methyl sites for hydroxylation is 2. The van der Waals surface area contributed by atoms with Crippen LogP contribution in [0.15, 0.2) is 6.07 Å². The van der Waals surface area contributed by atoms with Crippen LogP contribution < -0.4 is 4.90 Å². The Morgan fingerprint density at radius 2 is 2.00 bits per heavy atom. The molecule has 2 rings (SSSR count). The predicted octanol–water partition coefficient (Wildman–Crippen LogP) is 1.62. The normalized spacial score (nSPS) is 11.2. The van der Waals surface area contributed by atoms with Crippen LogP contribution in [0.1, 0.15) is 25.1 Å². The maximum Gasteiger partial charge on any atom is 0.160 e. The van der Waals surface area contributed by atoms with E-state index in [9.17, 15) is 5.11 Å². The summed E-state index contributed by atoms with van der Waals surface area (Å²) >= 11 is 0. The van der Waals surface area contributed by atoms with Crippen molar-refractivity contribution >= 4 is 16.9 Å². The number of rotatable bonds is 4. The van der Waals surface area contributed by atoms with E-state index in [-0.39, 0.29) is 6.61 Å². The van der Waals surface area contributed by atoms with Crippen LogP contribution in [0.3, 0.4) is 0 Å². The minimum atomic E-state index is 0.00308. The number of aliphatic hydroxyl groups excluding tert-OH is 1. The van der Waals surface area contributed by atoms with Crippen molar-refractivity contribution in [1.29, 1.82) is 0 Å². The Morgan fingerprint density at radius 3 is 2.56 bits per heavy atom. The SMILES string of the molecule is CCN(CC)c1nc2c(cc1CO)c(C)nn2C. The Bertz CT molecular complexity index is 558. The molecule has 0 saturated heterocycles. The molecule has 2 aromatic heterocycles. The molecule has 0 radical (unpaired) electrons. The first-order chi connectivity index (χ1) is 8.62. The second-order valence-corrected chi connectivity index (χ2v) is 4.38. The van der Waals surface area contributed by atoms with Gasteiger partial charge in [-0.1, -0.05) is 0 Å². The van der Waals surface area contributed by atoms with Gasteiger partial charge in [-0.3, -0.25) is 4.68 Å². The average Bonchev–Trinajstić information content (AvgIpc) is 2.65. The van der Waals surface area contributed by atoms with Crippen LogP contribution in [-0.4, -0.2) is 33.0 Å². The molecule has 0 aliphatic heterocycles. The van der Waals surface area contributed by atoms with Crippen molar-refractivity contribution in [1.82, 2.24) is 14.8 Å². The summed E-state index contributed by atoms with van der Waals surface area (Å²) in [5, 5.41) is 14.9. The zero-order chi connectivity index (χ0) is 13.3. The Morgan fingerprint density at radius 1 is 1.33 bits per heavy atom. The van der Waals surface area contributed by atoms with Crippen LogP contribution in [0, 0.1) is 6.92 Å². The molecule has 1 N–H and O–H groups in total. The minimum Gasteiger partial charge on any atom is -0.392 e. The molecule has 2 aromatic rings. The largest absolute Gasteiger partial charge is 0.392 e. The Labute approximate surface area is 107 Å². The average molecular weight is 248 g/mol. The second kappa shape index (κ2) is 4.94. The number of anilines is 1. The molecule has 0 aliphatic carbocycles. The van der Waals surface area contributed by atoms with Crippen LogP contribution in [0.2, 0.25) is 0 Å². The molecule has 5 heteroatoms. The van der Waals surface area contributed by atoms with E-state index >= 15 is 0 Å². The minimum absolute atomic E-state index is 0.00308. The molecule has 5 nitrogen and oxygen atoms in total. The lowest BCUT2D eigenvalue weighted by atomic mass is 10.2. The maximum atomic E-state index is 9.52. The zero-order valence-electron chi connectivity index (χ0n) is 11.4. The standard InChI is InChI=1S/C13H20N4O/c1-5-17(6-2)12-10(8-18)7-11-9(3)15-16(4)13(11)14-12/h7,18H,5-6,8H2,1-4H3. The topological polar surface area (TPSA) is 54.2 Å². The maximum absolute atomic E-state index is 9.52. The van der Waals surface area contributed by atoms with Crippen molar-refractivity contribution in [2.45, 2.75) is 27.4 Å². The van der Waals surface area contributed by atoms with E-state index in [1.165, 1.54) is 0 Å². The van der Waals surface area contributed by atoms with Crippen molar-refractivity contribution in [3.63, 3.8) is 0 Å². The zero-order valence-corrected chi connectivity index (χ0v) is 11.4. The molecule has 0 spiro atoms. The summed E-state index contributed by atoms with van der Waals surface area (Å²) in [7, 11) is 1.90. The molecule has 0 atom stereocenters.